The van der Waals surface area contributed by atoms with Crippen LogP contribution in [0.5, 0.6) is 0 Å². The van der Waals surface area contributed by atoms with Gasteiger partial charge in [-0.25, -0.2) is 4.98 Å². The van der Waals surface area contributed by atoms with Crippen molar-refractivity contribution in [2.24, 2.45) is 4.99 Å². The average molecular weight is 410 g/mol. The second-order valence-electron chi connectivity index (χ2n) is 7.51. The van der Waals surface area contributed by atoms with Crippen LogP contribution in [-0.2, 0) is 13.0 Å². The smallest absolute Gasteiger partial charge is 0.226 e. The van der Waals surface area contributed by atoms with E-state index in [1.54, 1.807) is 0 Å². The molecule has 0 saturated carbocycles. The van der Waals surface area contributed by atoms with E-state index in [0.717, 1.165) is 48.3 Å². The van der Waals surface area contributed by atoms with Gasteiger partial charge in [-0.2, -0.15) is 4.98 Å². The van der Waals surface area contributed by atoms with E-state index in [2.05, 4.69) is 63.2 Å². The zero-order chi connectivity index (χ0) is 21.3. The number of aryl methyl sites for hydroxylation is 1. The van der Waals surface area contributed by atoms with Gasteiger partial charge < -0.3 is 19.7 Å². The molecular weight excluding hydrogens is 378 g/mol. The Morgan fingerprint density at radius 3 is 2.77 bits per heavy atom. The largest absolute Gasteiger partial charge is 0.357 e. The molecule has 0 bridgehead atoms. The van der Waals surface area contributed by atoms with Gasteiger partial charge in [0, 0.05) is 32.5 Å². The molecule has 3 rings (SSSR count). The van der Waals surface area contributed by atoms with Gasteiger partial charge in [-0.1, -0.05) is 49.3 Å². The van der Waals surface area contributed by atoms with Gasteiger partial charge in [0.05, 0.1) is 18.4 Å². The third-order valence-electron chi connectivity index (χ3n) is 4.61. The maximum Gasteiger partial charge on any atom is 0.226 e. The molecule has 8 nitrogen and oxygen atoms in total. The lowest BCUT2D eigenvalue weighted by Gasteiger charge is -2.21. The molecule has 1 aromatic carbocycles. The van der Waals surface area contributed by atoms with Gasteiger partial charge in [0.2, 0.25) is 5.89 Å². The van der Waals surface area contributed by atoms with Crippen LogP contribution < -0.4 is 5.32 Å². The van der Waals surface area contributed by atoms with E-state index in [4.69, 9.17) is 9.52 Å². The number of rotatable bonds is 9. The molecule has 0 aliphatic rings. The molecule has 0 atom stereocenters. The van der Waals surface area contributed by atoms with Crippen molar-refractivity contribution >= 4 is 5.96 Å². The average Bonchev–Trinajstić information content (AvgIpc) is 3.41. The van der Waals surface area contributed by atoms with Crippen LogP contribution in [0, 0.1) is 0 Å². The molecule has 2 N–H and O–H groups in total. The molecule has 0 spiro atoms. The highest BCUT2D eigenvalue weighted by Crippen LogP contribution is 2.16. The van der Waals surface area contributed by atoms with Crippen LogP contribution in [0.25, 0.3) is 11.3 Å². The Morgan fingerprint density at radius 2 is 2.07 bits per heavy atom. The maximum atomic E-state index is 5.30. The van der Waals surface area contributed by atoms with E-state index in [-0.39, 0.29) is 5.92 Å². The summed E-state index contributed by atoms with van der Waals surface area (Å²) in [7, 11) is 2.01. The minimum Gasteiger partial charge on any atom is -0.357 e. The third kappa shape index (κ3) is 5.92. The molecule has 2 heterocycles. The molecule has 0 radical (unpaired) electrons. The molecule has 0 fully saturated rings. The van der Waals surface area contributed by atoms with Crippen molar-refractivity contribution in [3.05, 3.63) is 54.1 Å². The highest BCUT2D eigenvalue weighted by Gasteiger charge is 2.11. The third-order valence-corrected chi connectivity index (χ3v) is 4.61. The van der Waals surface area contributed by atoms with Gasteiger partial charge >= 0.3 is 0 Å². The van der Waals surface area contributed by atoms with Crippen molar-refractivity contribution in [1.82, 2.24) is 30.3 Å². The Bertz CT molecular complexity index is 930. The topological polar surface area (TPSA) is 95.2 Å². The van der Waals surface area contributed by atoms with Crippen molar-refractivity contribution in [3.8, 4) is 11.3 Å². The van der Waals surface area contributed by atoms with E-state index in [0.29, 0.717) is 19.0 Å². The van der Waals surface area contributed by atoms with Crippen LogP contribution in [0.2, 0.25) is 0 Å². The second-order valence-corrected chi connectivity index (χ2v) is 7.51. The summed E-state index contributed by atoms with van der Waals surface area (Å²) in [6, 6.07) is 10.2. The summed E-state index contributed by atoms with van der Waals surface area (Å²) in [6.45, 7) is 8.30. The number of H-pyrrole nitrogens is 1. The van der Waals surface area contributed by atoms with Gasteiger partial charge in [0.1, 0.15) is 5.82 Å². The molecule has 0 unspecified atom stereocenters. The molecule has 0 aliphatic heterocycles. The van der Waals surface area contributed by atoms with Crippen LogP contribution in [0.15, 0.2) is 46.0 Å². The number of hydrogen-bond donors (Lipinski definition) is 2. The van der Waals surface area contributed by atoms with Crippen molar-refractivity contribution in [3.63, 3.8) is 0 Å². The summed E-state index contributed by atoms with van der Waals surface area (Å²) < 4.78 is 5.30. The Hall–Kier alpha value is -3.16. The first-order valence-corrected chi connectivity index (χ1v) is 10.5. The van der Waals surface area contributed by atoms with E-state index in [1.807, 2.05) is 31.4 Å². The lowest BCUT2D eigenvalue weighted by Crippen LogP contribution is -2.38. The Balaban J connectivity index is 1.54. The highest BCUT2D eigenvalue weighted by molar-refractivity contribution is 5.79. The number of nitrogens with zero attached hydrogens (tertiary/aromatic N) is 5. The number of nitrogens with one attached hydrogen (secondary N) is 2. The molecule has 0 aliphatic carbocycles. The molecule has 8 heteroatoms. The first-order valence-electron chi connectivity index (χ1n) is 10.5. The number of aromatic amines is 1. The van der Waals surface area contributed by atoms with Crippen LogP contribution in [0.1, 0.15) is 50.6 Å². The first-order chi connectivity index (χ1) is 14.6. The predicted molar refractivity (Wildman–Crippen MR) is 118 cm³/mol. The molecule has 30 heavy (non-hydrogen) atoms. The fourth-order valence-electron chi connectivity index (χ4n) is 3.00. The van der Waals surface area contributed by atoms with Crippen molar-refractivity contribution in [2.75, 3.05) is 20.1 Å². The van der Waals surface area contributed by atoms with Gasteiger partial charge in [0.15, 0.2) is 11.8 Å². The number of guanidine groups is 1. The molecule has 160 valence electrons. The molecule has 3 aromatic rings. The second kappa shape index (κ2) is 10.6. The summed E-state index contributed by atoms with van der Waals surface area (Å²) in [5.41, 5.74) is 2.14. The minimum absolute atomic E-state index is 0.276. The highest BCUT2D eigenvalue weighted by atomic mass is 16.5. The first kappa shape index (κ1) is 21.5. The number of aromatic nitrogens is 4. The van der Waals surface area contributed by atoms with Crippen LogP contribution in [-0.4, -0.2) is 51.1 Å². The number of imidazole rings is 1. The monoisotopic (exact) mass is 409 g/mol. The molecule has 0 amide bonds. The predicted octanol–water partition coefficient (Wildman–Crippen LogP) is 3.61. The zero-order valence-corrected chi connectivity index (χ0v) is 18.2. The number of benzene rings is 1. The number of aliphatic imine (C=N–C) groups is 1. The Labute approximate surface area is 177 Å². The summed E-state index contributed by atoms with van der Waals surface area (Å²) in [6.07, 6.45) is 3.45. The van der Waals surface area contributed by atoms with Gasteiger partial charge in [-0.3, -0.25) is 4.99 Å². The molecular formula is C22H31N7O. The van der Waals surface area contributed by atoms with E-state index in [9.17, 15) is 0 Å². The SMILES string of the molecule is CCNC(=NCCCc1nc(C(C)C)no1)N(C)Cc1ncc(-c2ccccc2)[nH]1. The Kier molecular flexibility index (Phi) is 7.59. The van der Waals surface area contributed by atoms with Gasteiger partial charge in [-0.05, 0) is 18.9 Å². The fraction of sp³-hybridized carbons (Fsp3) is 0.455. The maximum absolute atomic E-state index is 5.30. The van der Waals surface area contributed by atoms with Gasteiger partial charge in [-0.15, -0.1) is 0 Å². The van der Waals surface area contributed by atoms with Gasteiger partial charge in [0.25, 0.3) is 0 Å². The summed E-state index contributed by atoms with van der Waals surface area (Å²) in [5, 5.41) is 7.35. The number of hydrogen-bond acceptors (Lipinski definition) is 5. The van der Waals surface area contributed by atoms with E-state index < -0.39 is 0 Å². The van der Waals surface area contributed by atoms with Crippen LogP contribution in [0.4, 0.5) is 0 Å². The van der Waals surface area contributed by atoms with E-state index >= 15 is 0 Å². The quantitative estimate of drug-likeness (QED) is 0.318. The van der Waals surface area contributed by atoms with Crippen molar-refractivity contribution in [1.29, 1.82) is 0 Å². The van der Waals surface area contributed by atoms with Crippen molar-refractivity contribution < 1.29 is 4.52 Å². The van der Waals surface area contributed by atoms with Crippen molar-refractivity contribution in [2.45, 2.75) is 46.1 Å². The van der Waals surface area contributed by atoms with Crippen LogP contribution in [0.3, 0.4) is 0 Å². The normalized spacial score (nSPS) is 11.8. The van der Waals surface area contributed by atoms with E-state index in [1.165, 1.54) is 0 Å². The minimum atomic E-state index is 0.276. The zero-order valence-electron chi connectivity index (χ0n) is 18.2. The standard InChI is InChI=1S/C22H31N7O/c1-5-23-22(24-13-9-12-20-27-21(16(2)3)28-30-20)29(4)15-19-25-14-18(26-19)17-10-7-6-8-11-17/h6-8,10-11,14,16H,5,9,12-13,15H2,1-4H3,(H,23,24)(H,25,26). The Morgan fingerprint density at radius 1 is 1.27 bits per heavy atom. The lowest BCUT2D eigenvalue weighted by molar-refractivity contribution is 0.369. The lowest BCUT2D eigenvalue weighted by atomic mass is 10.2. The summed E-state index contributed by atoms with van der Waals surface area (Å²) in [4.78, 5) is 19.1. The fourth-order valence-corrected chi connectivity index (χ4v) is 3.00. The molecule has 2 aromatic heterocycles. The molecule has 0 saturated heterocycles. The van der Waals surface area contributed by atoms with Crippen LogP contribution >= 0.6 is 0 Å². The summed E-state index contributed by atoms with van der Waals surface area (Å²) >= 11 is 0. The summed E-state index contributed by atoms with van der Waals surface area (Å²) in [5.74, 6) is 3.46.